The van der Waals surface area contributed by atoms with E-state index in [4.69, 9.17) is 21.1 Å². The van der Waals surface area contributed by atoms with Gasteiger partial charge >= 0.3 is 0 Å². The molecule has 1 unspecified atom stereocenters. The summed E-state index contributed by atoms with van der Waals surface area (Å²) in [5.74, 6) is -0.0450. The van der Waals surface area contributed by atoms with Crippen LogP contribution in [0, 0.1) is 5.82 Å². The van der Waals surface area contributed by atoms with Crippen molar-refractivity contribution in [2.45, 2.75) is 13.0 Å². The molecule has 2 amide bonds. The number of carbonyl (C=O) groups excluding carboxylic acids is 2. The van der Waals surface area contributed by atoms with Gasteiger partial charge in [-0.1, -0.05) is 17.7 Å². The van der Waals surface area contributed by atoms with Crippen LogP contribution in [0.2, 0.25) is 5.02 Å². The second-order valence-electron chi connectivity index (χ2n) is 6.96. The molecule has 1 aliphatic rings. The third-order valence-corrected chi connectivity index (χ3v) is 5.06. The smallest absolute Gasteiger partial charge is 0.255 e. The highest BCUT2D eigenvalue weighted by Gasteiger charge is 2.20. The summed E-state index contributed by atoms with van der Waals surface area (Å²) in [6, 6.07) is 14.8. The van der Waals surface area contributed by atoms with Gasteiger partial charge in [-0.3, -0.25) is 9.59 Å². The third-order valence-electron chi connectivity index (χ3n) is 4.83. The monoisotopic (exact) mass is 440 g/mol. The average molecular weight is 441 g/mol. The number of fused-ring (bicyclic) bond motifs is 1. The summed E-state index contributed by atoms with van der Waals surface area (Å²) < 4.78 is 23.8. The molecule has 6 nitrogen and oxygen atoms in total. The molecule has 1 aliphatic heterocycles. The van der Waals surface area contributed by atoms with E-state index < -0.39 is 17.6 Å². The predicted molar refractivity (Wildman–Crippen MR) is 114 cm³/mol. The van der Waals surface area contributed by atoms with Crippen molar-refractivity contribution in [1.82, 2.24) is 5.32 Å². The molecule has 0 aliphatic carbocycles. The summed E-state index contributed by atoms with van der Waals surface area (Å²) in [7, 11) is 0. The minimum atomic E-state index is -0.486. The van der Waals surface area contributed by atoms with Gasteiger partial charge in [0.15, 0.2) is 11.5 Å². The van der Waals surface area contributed by atoms with Crippen molar-refractivity contribution in [2.24, 2.45) is 0 Å². The number of halogens is 2. The number of hydrogen-bond acceptors (Lipinski definition) is 4. The van der Waals surface area contributed by atoms with E-state index in [1.54, 1.807) is 12.1 Å². The number of ether oxygens (including phenoxy) is 2. The Morgan fingerprint density at radius 1 is 0.968 bits per heavy atom. The fourth-order valence-corrected chi connectivity index (χ4v) is 3.33. The number of nitrogens with one attached hydrogen (secondary N) is 2. The van der Waals surface area contributed by atoms with Crippen LogP contribution in [0.1, 0.15) is 39.2 Å². The van der Waals surface area contributed by atoms with Crippen molar-refractivity contribution in [3.63, 3.8) is 0 Å². The van der Waals surface area contributed by atoms with Crippen molar-refractivity contribution < 1.29 is 23.5 Å². The number of rotatable bonds is 5. The first kappa shape index (κ1) is 20.7. The Kier molecular flexibility index (Phi) is 5.77. The van der Waals surface area contributed by atoms with Gasteiger partial charge in [0.1, 0.15) is 5.82 Å². The van der Waals surface area contributed by atoms with Crippen LogP contribution in [-0.2, 0) is 0 Å². The average Bonchev–Trinajstić information content (AvgIpc) is 3.22. The quantitative estimate of drug-likeness (QED) is 0.588. The number of hydrogen-bond donors (Lipinski definition) is 2. The van der Waals surface area contributed by atoms with Crippen LogP contribution in [0.15, 0.2) is 60.7 Å². The molecule has 1 atom stereocenters. The highest BCUT2D eigenvalue weighted by molar-refractivity contribution is 6.31. The summed E-state index contributed by atoms with van der Waals surface area (Å²) in [6.45, 7) is 2.00. The molecular weight excluding hydrogens is 423 g/mol. The molecule has 4 rings (SSSR count). The zero-order chi connectivity index (χ0) is 22.0. The largest absolute Gasteiger partial charge is 0.454 e. The minimum absolute atomic E-state index is 0.168. The molecule has 0 aromatic heterocycles. The first-order valence-corrected chi connectivity index (χ1v) is 9.85. The van der Waals surface area contributed by atoms with Crippen molar-refractivity contribution in [3.8, 4) is 11.5 Å². The lowest BCUT2D eigenvalue weighted by Gasteiger charge is -2.17. The predicted octanol–water partition coefficient (Wildman–Crippen LogP) is 4.95. The van der Waals surface area contributed by atoms with E-state index >= 15 is 0 Å². The normalized spacial score (nSPS) is 12.9. The Hall–Kier alpha value is -3.58. The van der Waals surface area contributed by atoms with E-state index in [0.717, 1.165) is 5.56 Å². The van der Waals surface area contributed by atoms with Gasteiger partial charge in [-0.05, 0) is 67.1 Å². The molecule has 0 fully saturated rings. The summed E-state index contributed by atoms with van der Waals surface area (Å²) in [5.41, 5.74) is 1.58. The molecular formula is C23H18ClFN2O4. The lowest BCUT2D eigenvalue weighted by Crippen LogP contribution is -2.28. The Morgan fingerprint density at radius 3 is 2.48 bits per heavy atom. The molecule has 158 valence electrons. The first-order chi connectivity index (χ1) is 14.9. The molecule has 31 heavy (non-hydrogen) atoms. The molecule has 0 saturated heterocycles. The van der Waals surface area contributed by atoms with Crippen LogP contribution in [0.25, 0.3) is 0 Å². The Labute approximate surface area is 182 Å². The molecule has 3 aromatic carbocycles. The molecule has 0 spiro atoms. The lowest BCUT2D eigenvalue weighted by atomic mass is 10.1. The molecule has 8 heteroatoms. The van der Waals surface area contributed by atoms with E-state index in [-0.39, 0.29) is 29.6 Å². The molecule has 3 aromatic rings. The van der Waals surface area contributed by atoms with Gasteiger partial charge in [-0.25, -0.2) is 4.39 Å². The van der Waals surface area contributed by atoms with Gasteiger partial charge < -0.3 is 20.1 Å². The standard InChI is InChI=1S/C23H18ClFN2O4/c1-13(15-4-9-20-21(10-15)31-12-30-20)26-23(29)18-8-5-16(24)11-19(18)27-22(28)14-2-6-17(25)7-3-14/h2-11,13H,12H2,1H3,(H,26,29)(H,27,28). The van der Waals surface area contributed by atoms with Gasteiger partial charge in [0, 0.05) is 10.6 Å². The van der Waals surface area contributed by atoms with Crippen molar-refractivity contribution >= 4 is 29.1 Å². The zero-order valence-electron chi connectivity index (χ0n) is 16.4. The van der Waals surface area contributed by atoms with Gasteiger partial charge in [0.05, 0.1) is 17.3 Å². The fourth-order valence-electron chi connectivity index (χ4n) is 3.15. The topological polar surface area (TPSA) is 76.7 Å². The molecule has 0 saturated carbocycles. The van der Waals surface area contributed by atoms with Crippen molar-refractivity contribution in [1.29, 1.82) is 0 Å². The fraction of sp³-hybridized carbons (Fsp3) is 0.130. The SMILES string of the molecule is CC(NC(=O)c1ccc(Cl)cc1NC(=O)c1ccc(F)cc1)c1ccc2c(c1)OCO2. The summed E-state index contributed by atoms with van der Waals surface area (Å²) in [4.78, 5) is 25.5. The highest BCUT2D eigenvalue weighted by Crippen LogP contribution is 2.34. The van der Waals surface area contributed by atoms with E-state index in [1.807, 2.05) is 19.1 Å². The summed E-state index contributed by atoms with van der Waals surface area (Å²) in [5, 5.41) is 5.93. The van der Waals surface area contributed by atoms with E-state index in [9.17, 15) is 14.0 Å². The molecule has 0 radical (unpaired) electrons. The van der Waals surface area contributed by atoms with Gasteiger partial charge in [-0.15, -0.1) is 0 Å². The first-order valence-electron chi connectivity index (χ1n) is 9.47. The van der Waals surface area contributed by atoms with Gasteiger partial charge in [0.2, 0.25) is 6.79 Å². The maximum atomic E-state index is 13.1. The third kappa shape index (κ3) is 4.62. The van der Waals surface area contributed by atoms with Crippen LogP contribution >= 0.6 is 11.6 Å². The van der Waals surface area contributed by atoms with Crippen molar-refractivity contribution in [3.05, 3.63) is 88.2 Å². The Bertz CT molecular complexity index is 1150. The van der Waals surface area contributed by atoms with E-state index in [0.29, 0.717) is 16.5 Å². The van der Waals surface area contributed by atoms with Crippen LogP contribution in [-0.4, -0.2) is 18.6 Å². The minimum Gasteiger partial charge on any atom is -0.454 e. The second-order valence-corrected chi connectivity index (χ2v) is 7.40. The van der Waals surface area contributed by atoms with Gasteiger partial charge in [-0.2, -0.15) is 0 Å². The highest BCUT2D eigenvalue weighted by atomic mass is 35.5. The van der Waals surface area contributed by atoms with Crippen molar-refractivity contribution in [2.75, 3.05) is 12.1 Å². The van der Waals surface area contributed by atoms with E-state index in [2.05, 4.69) is 10.6 Å². The molecule has 0 bridgehead atoms. The van der Waals surface area contributed by atoms with E-state index in [1.165, 1.54) is 36.4 Å². The maximum absolute atomic E-state index is 13.1. The summed E-state index contributed by atoms with van der Waals surface area (Å²) in [6.07, 6.45) is 0. The number of amides is 2. The Balaban J connectivity index is 1.52. The van der Waals surface area contributed by atoms with Crippen LogP contribution in [0.3, 0.4) is 0 Å². The van der Waals surface area contributed by atoms with Gasteiger partial charge in [0.25, 0.3) is 11.8 Å². The number of anilines is 1. The zero-order valence-corrected chi connectivity index (χ0v) is 17.2. The molecule has 2 N–H and O–H groups in total. The second kappa shape index (κ2) is 8.65. The number of carbonyl (C=O) groups is 2. The summed E-state index contributed by atoms with van der Waals surface area (Å²) >= 11 is 6.07. The Morgan fingerprint density at radius 2 is 1.71 bits per heavy atom. The van der Waals surface area contributed by atoms with Crippen LogP contribution in [0.4, 0.5) is 10.1 Å². The van der Waals surface area contributed by atoms with Crippen LogP contribution in [0.5, 0.6) is 11.5 Å². The maximum Gasteiger partial charge on any atom is 0.255 e. The van der Waals surface area contributed by atoms with Crippen LogP contribution < -0.4 is 20.1 Å². The lowest BCUT2D eigenvalue weighted by molar-refractivity contribution is 0.0940. The molecule has 1 heterocycles. The number of benzene rings is 3.